The Hall–Kier alpha value is -1.17. The van der Waals surface area contributed by atoms with Crippen LogP contribution < -0.4 is 35.3 Å². The fourth-order valence-electron chi connectivity index (χ4n) is 1.70. The quantitative estimate of drug-likeness (QED) is 0.193. The van der Waals surface area contributed by atoms with Gasteiger partial charge in [0.15, 0.2) is 11.9 Å². The highest BCUT2D eigenvalue weighted by Crippen LogP contribution is 2.08. The topological polar surface area (TPSA) is 129 Å². The zero-order valence-corrected chi connectivity index (χ0v) is 12.4. The van der Waals surface area contributed by atoms with Gasteiger partial charge in [-0.15, -0.1) is 0 Å². The molecule has 8 N–H and O–H groups in total. The molecule has 7 heteroatoms. The second-order valence-corrected chi connectivity index (χ2v) is 4.44. The smallest absolute Gasteiger partial charge is 0.185 e. The Morgan fingerprint density at radius 3 is 1.05 bits per heavy atom. The van der Waals surface area contributed by atoms with E-state index in [0.717, 1.165) is 25.9 Å². The van der Waals surface area contributed by atoms with Gasteiger partial charge in [-0.3, -0.25) is 9.98 Å². The summed E-state index contributed by atoms with van der Waals surface area (Å²) in [7, 11) is 0. The molecular formula is C12H28ClN6-. The van der Waals surface area contributed by atoms with Gasteiger partial charge in [0.1, 0.15) is 0 Å². The summed E-state index contributed by atoms with van der Waals surface area (Å²) in [5, 5.41) is 0. The molecule has 0 unspecified atom stereocenters. The summed E-state index contributed by atoms with van der Waals surface area (Å²) in [6, 6.07) is 0. The molecule has 0 saturated carbocycles. The van der Waals surface area contributed by atoms with Crippen molar-refractivity contribution in [2.75, 3.05) is 13.1 Å². The lowest BCUT2D eigenvalue weighted by Gasteiger charge is -2.01. The summed E-state index contributed by atoms with van der Waals surface area (Å²) in [6.45, 7) is 1.50. The minimum absolute atomic E-state index is 0. The lowest BCUT2D eigenvalue weighted by Crippen LogP contribution is -3.00. The van der Waals surface area contributed by atoms with Crippen LogP contribution in [-0.2, 0) is 0 Å². The Labute approximate surface area is 122 Å². The van der Waals surface area contributed by atoms with Gasteiger partial charge in [0.25, 0.3) is 0 Å². The predicted octanol–water partition coefficient (Wildman–Crippen LogP) is -2.34. The summed E-state index contributed by atoms with van der Waals surface area (Å²) >= 11 is 0. The Balaban J connectivity index is 0. The molecule has 0 aliphatic rings. The van der Waals surface area contributed by atoms with Crippen molar-refractivity contribution < 1.29 is 12.4 Å². The zero-order chi connectivity index (χ0) is 13.6. The highest BCUT2D eigenvalue weighted by atomic mass is 35.5. The van der Waals surface area contributed by atoms with Gasteiger partial charge in [-0.1, -0.05) is 38.5 Å². The number of hydrogen-bond acceptors (Lipinski definition) is 2. The van der Waals surface area contributed by atoms with Crippen LogP contribution in [0.4, 0.5) is 0 Å². The predicted molar refractivity (Wildman–Crippen MR) is 78.3 cm³/mol. The van der Waals surface area contributed by atoms with Gasteiger partial charge in [0.05, 0.1) is 0 Å². The van der Waals surface area contributed by atoms with Crippen molar-refractivity contribution in [3.8, 4) is 0 Å². The standard InChI is InChI=1S/C12H28N6.ClH/c13-11(14)17-9-7-5-3-1-2-4-6-8-10-18-12(15)16;/h1-10H2,(H4,13,14,17)(H4,15,16,18);1H/p-1. The van der Waals surface area contributed by atoms with Crippen LogP contribution in [-0.4, -0.2) is 25.0 Å². The molecule has 0 aromatic rings. The van der Waals surface area contributed by atoms with Gasteiger partial charge in [0, 0.05) is 13.1 Å². The number of rotatable bonds is 11. The number of nitrogens with zero attached hydrogens (tertiary/aromatic N) is 2. The van der Waals surface area contributed by atoms with Crippen LogP contribution in [0.5, 0.6) is 0 Å². The highest BCUT2D eigenvalue weighted by Gasteiger charge is 1.92. The third-order valence-electron chi connectivity index (χ3n) is 2.65. The molecule has 0 atom stereocenters. The largest absolute Gasteiger partial charge is 1.00 e. The van der Waals surface area contributed by atoms with Crippen molar-refractivity contribution in [3.63, 3.8) is 0 Å². The first-order valence-electron chi connectivity index (χ1n) is 6.73. The van der Waals surface area contributed by atoms with E-state index >= 15 is 0 Å². The minimum atomic E-state index is 0. The van der Waals surface area contributed by atoms with E-state index < -0.39 is 0 Å². The molecule has 0 aliphatic heterocycles. The Kier molecular flexibility index (Phi) is 15.8. The number of guanidine groups is 2. The Bertz CT molecular complexity index is 221. The zero-order valence-electron chi connectivity index (χ0n) is 11.7. The van der Waals surface area contributed by atoms with Gasteiger partial charge in [-0.05, 0) is 12.8 Å². The first kappa shape index (κ1) is 20.2. The molecule has 0 heterocycles. The summed E-state index contributed by atoms with van der Waals surface area (Å²) in [5.74, 6) is 0.381. The van der Waals surface area contributed by atoms with Gasteiger partial charge in [-0.25, -0.2) is 0 Å². The van der Waals surface area contributed by atoms with Crippen molar-refractivity contribution in [2.45, 2.75) is 51.4 Å². The van der Waals surface area contributed by atoms with E-state index in [9.17, 15) is 0 Å². The number of nitrogens with two attached hydrogens (primary N) is 4. The molecule has 0 radical (unpaired) electrons. The van der Waals surface area contributed by atoms with Crippen LogP contribution in [0.1, 0.15) is 51.4 Å². The summed E-state index contributed by atoms with van der Waals surface area (Å²) in [5.41, 5.74) is 20.9. The summed E-state index contributed by atoms with van der Waals surface area (Å²) in [4.78, 5) is 7.89. The van der Waals surface area contributed by atoms with Crippen LogP contribution in [0.15, 0.2) is 9.98 Å². The van der Waals surface area contributed by atoms with Crippen molar-refractivity contribution in [2.24, 2.45) is 32.9 Å². The maximum Gasteiger partial charge on any atom is 0.185 e. The normalized spacial score (nSPS) is 9.47. The fourth-order valence-corrected chi connectivity index (χ4v) is 1.70. The van der Waals surface area contributed by atoms with E-state index in [0.29, 0.717) is 0 Å². The van der Waals surface area contributed by atoms with Crippen molar-refractivity contribution in [3.05, 3.63) is 0 Å². The van der Waals surface area contributed by atoms with Crippen LogP contribution in [0.3, 0.4) is 0 Å². The third kappa shape index (κ3) is 19.4. The molecule has 6 nitrogen and oxygen atoms in total. The van der Waals surface area contributed by atoms with Gasteiger partial charge < -0.3 is 35.3 Å². The van der Waals surface area contributed by atoms with Crippen LogP contribution in [0.25, 0.3) is 0 Å². The van der Waals surface area contributed by atoms with Crippen LogP contribution in [0.2, 0.25) is 0 Å². The maximum atomic E-state index is 5.23. The molecule has 0 aliphatic carbocycles. The average molecular weight is 292 g/mol. The van der Waals surface area contributed by atoms with E-state index in [4.69, 9.17) is 22.9 Å². The van der Waals surface area contributed by atoms with E-state index in [-0.39, 0.29) is 24.3 Å². The number of aliphatic imine (C=N–C) groups is 2. The average Bonchev–Trinajstić information content (AvgIpc) is 2.29. The fraction of sp³-hybridized carbons (Fsp3) is 0.833. The number of halogens is 1. The minimum Gasteiger partial charge on any atom is -1.00 e. The lowest BCUT2D eigenvalue weighted by molar-refractivity contribution is -0.00000458. The molecule has 0 rings (SSSR count). The number of unbranched alkanes of at least 4 members (excludes halogenated alkanes) is 7. The molecule has 0 spiro atoms. The first-order chi connectivity index (χ1) is 8.63. The monoisotopic (exact) mass is 291 g/mol. The van der Waals surface area contributed by atoms with E-state index in [2.05, 4.69) is 9.98 Å². The Morgan fingerprint density at radius 1 is 0.526 bits per heavy atom. The summed E-state index contributed by atoms with van der Waals surface area (Å²) in [6.07, 6.45) is 9.62. The maximum absolute atomic E-state index is 5.23. The second-order valence-electron chi connectivity index (χ2n) is 4.44. The molecule has 114 valence electrons. The molecule has 0 bridgehead atoms. The molecule has 0 saturated heterocycles. The molecule has 0 aromatic carbocycles. The number of hydrogen-bond donors (Lipinski definition) is 4. The molecular weight excluding hydrogens is 264 g/mol. The van der Waals surface area contributed by atoms with Gasteiger partial charge in [0.2, 0.25) is 0 Å². The SMILES string of the molecule is NC(N)=NCCCCCCCCCCN=C(N)N.[Cl-]. The Morgan fingerprint density at radius 2 is 0.789 bits per heavy atom. The van der Waals surface area contributed by atoms with E-state index in [1.165, 1.54) is 38.5 Å². The van der Waals surface area contributed by atoms with Crippen molar-refractivity contribution in [1.82, 2.24) is 0 Å². The van der Waals surface area contributed by atoms with Crippen LogP contribution in [0, 0.1) is 0 Å². The second kappa shape index (κ2) is 14.9. The molecule has 0 fully saturated rings. The lowest BCUT2D eigenvalue weighted by atomic mass is 10.1. The summed E-state index contributed by atoms with van der Waals surface area (Å²) < 4.78 is 0. The van der Waals surface area contributed by atoms with Crippen molar-refractivity contribution in [1.29, 1.82) is 0 Å². The van der Waals surface area contributed by atoms with Crippen molar-refractivity contribution >= 4 is 11.9 Å². The van der Waals surface area contributed by atoms with Crippen LogP contribution >= 0.6 is 0 Å². The third-order valence-corrected chi connectivity index (χ3v) is 2.65. The molecule has 19 heavy (non-hydrogen) atoms. The van der Waals surface area contributed by atoms with E-state index in [1.54, 1.807) is 0 Å². The van der Waals surface area contributed by atoms with Gasteiger partial charge >= 0.3 is 0 Å². The molecule has 0 aromatic heterocycles. The first-order valence-corrected chi connectivity index (χ1v) is 6.73. The van der Waals surface area contributed by atoms with Gasteiger partial charge in [-0.2, -0.15) is 0 Å². The van der Waals surface area contributed by atoms with E-state index in [1.807, 2.05) is 0 Å². The highest BCUT2D eigenvalue weighted by molar-refractivity contribution is 5.75. The molecule has 0 amide bonds.